The van der Waals surface area contributed by atoms with Gasteiger partial charge in [-0.2, -0.15) is 0 Å². The standard InChI is InChI=1S/C16H15FN2O4/c1-18(2)16(20)12-8-15(13(17)9-14(12)19(21)22)23-10-11-6-4-3-5-7-11/h3-9H,10H2,1-2H3. The molecule has 0 bridgehead atoms. The maximum atomic E-state index is 14.0. The first-order chi connectivity index (χ1) is 10.9. The molecule has 0 aliphatic rings. The van der Waals surface area contributed by atoms with Crippen LogP contribution in [0.5, 0.6) is 5.75 Å². The van der Waals surface area contributed by atoms with Gasteiger partial charge in [0, 0.05) is 20.2 Å². The largest absolute Gasteiger partial charge is 0.486 e. The van der Waals surface area contributed by atoms with Crippen molar-refractivity contribution in [2.75, 3.05) is 14.1 Å². The zero-order valence-electron chi connectivity index (χ0n) is 12.7. The van der Waals surface area contributed by atoms with Crippen molar-refractivity contribution in [3.8, 4) is 5.75 Å². The second-order valence-corrected chi connectivity index (χ2v) is 5.03. The van der Waals surface area contributed by atoms with Gasteiger partial charge < -0.3 is 9.64 Å². The molecule has 7 heteroatoms. The molecule has 0 aliphatic heterocycles. The van der Waals surface area contributed by atoms with E-state index >= 15 is 0 Å². The summed E-state index contributed by atoms with van der Waals surface area (Å²) in [5, 5.41) is 11.0. The highest BCUT2D eigenvalue weighted by atomic mass is 19.1. The Morgan fingerprint density at radius 2 is 1.91 bits per heavy atom. The van der Waals surface area contributed by atoms with E-state index in [1.54, 1.807) is 12.1 Å². The topological polar surface area (TPSA) is 72.7 Å². The lowest BCUT2D eigenvalue weighted by atomic mass is 10.1. The van der Waals surface area contributed by atoms with Crippen LogP contribution in [-0.4, -0.2) is 29.8 Å². The summed E-state index contributed by atoms with van der Waals surface area (Å²) in [6.45, 7) is 0.0885. The molecule has 0 saturated heterocycles. The summed E-state index contributed by atoms with van der Waals surface area (Å²) in [5.74, 6) is -1.69. The van der Waals surface area contributed by atoms with Crippen LogP contribution in [0, 0.1) is 15.9 Å². The van der Waals surface area contributed by atoms with Gasteiger partial charge in [0.25, 0.3) is 11.6 Å². The fourth-order valence-electron chi connectivity index (χ4n) is 1.95. The molecule has 0 radical (unpaired) electrons. The first kappa shape index (κ1) is 16.4. The quantitative estimate of drug-likeness (QED) is 0.627. The number of ether oxygens (including phenoxy) is 1. The van der Waals surface area contributed by atoms with Crippen LogP contribution in [0.4, 0.5) is 10.1 Å². The molecule has 0 saturated carbocycles. The molecule has 2 aromatic rings. The first-order valence-electron chi connectivity index (χ1n) is 6.76. The summed E-state index contributed by atoms with van der Waals surface area (Å²) in [6.07, 6.45) is 0. The Morgan fingerprint density at radius 3 is 2.48 bits per heavy atom. The third-order valence-corrected chi connectivity index (χ3v) is 3.12. The second-order valence-electron chi connectivity index (χ2n) is 5.03. The fourth-order valence-corrected chi connectivity index (χ4v) is 1.95. The molecule has 0 aliphatic carbocycles. The van der Waals surface area contributed by atoms with Crippen LogP contribution in [0.2, 0.25) is 0 Å². The van der Waals surface area contributed by atoms with Crippen LogP contribution >= 0.6 is 0 Å². The van der Waals surface area contributed by atoms with Crippen molar-refractivity contribution >= 4 is 11.6 Å². The van der Waals surface area contributed by atoms with Crippen molar-refractivity contribution in [3.63, 3.8) is 0 Å². The molecular formula is C16H15FN2O4. The SMILES string of the molecule is CN(C)C(=O)c1cc(OCc2ccccc2)c(F)cc1[N+](=O)[O-]. The van der Waals surface area contributed by atoms with E-state index in [-0.39, 0.29) is 17.9 Å². The lowest BCUT2D eigenvalue weighted by molar-refractivity contribution is -0.385. The molecule has 2 rings (SSSR count). The highest BCUT2D eigenvalue weighted by Gasteiger charge is 2.25. The zero-order chi connectivity index (χ0) is 17.0. The maximum Gasteiger partial charge on any atom is 0.285 e. The van der Waals surface area contributed by atoms with Crippen LogP contribution in [0.1, 0.15) is 15.9 Å². The summed E-state index contributed by atoms with van der Waals surface area (Å²) >= 11 is 0. The number of amides is 1. The van der Waals surface area contributed by atoms with Gasteiger partial charge in [-0.05, 0) is 5.56 Å². The first-order valence-corrected chi connectivity index (χ1v) is 6.76. The Morgan fingerprint density at radius 1 is 1.26 bits per heavy atom. The molecule has 120 valence electrons. The van der Waals surface area contributed by atoms with Crippen molar-refractivity contribution in [2.45, 2.75) is 6.61 Å². The summed E-state index contributed by atoms with van der Waals surface area (Å²) in [5.41, 5.74) is 0.00321. The van der Waals surface area contributed by atoms with Crippen LogP contribution in [0.3, 0.4) is 0 Å². The van der Waals surface area contributed by atoms with E-state index in [0.717, 1.165) is 11.6 Å². The minimum atomic E-state index is -0.886. The number of nitrogens with zero attached hydrogens (tertiary/aromatic N) is 2. The molecule has 0 spiro atoms. The van der Waals surface area contributed by atoms with Gasteiger partial charge in [-0.3, -0.25) is 14.9 Å². The van der Waals surface area contributed by atoms with Crippen molar-refractivity contribution < 1.29 is 18.8 Å². The average Bonchev–Trinajstić information content (AvgIpc) is 2.53. The lowest BCUT2D eigenvalue weighted by Gasteiger charge is -2.13. The minimum absolute atomic E-state index is 0.0885. The number of hydrogen-bond donors (Lipinski definition) is 0. The van der Waals surface area contributed by atoms with Gasteiger partial charge in [-0.15, -0.1) is 0 Å². The normalized spacial score (nSPS) is 10.2. The number of carbonyl (C=O) groups excluding carboxylic acids is 1. The van der Waals surface area contributed by atoms with Crippen molar-refractivity contribution in [3.05, 3.63) is 69.5 Å². The Kier molecular flexibility index (Phi) is 4.90. The predicted octanol–water partition coefficient (Wildman–Crippen LogP) is 3.01. The number of rotatable bonds is 5. The lowest BCUT2D eigenvalue weighted by Crippen LogP contribution is -2.23. The maximum absolute atomic E-state index is 14.0. The van der Waals surface area contributed by atoms with E-state index in [0.29, 0.717) is 6.07 Å². The molecule has 23 heavy (non-hydrogen) atoms. The third-order valence-electron chi connectivity index (χ3n) is 3.12. The number of nitro benzene ring substituents is 1. The van der Waals surface area contributed by atoms with E-state index in [9.17, 15) is 19.3 Å². The predicted molar refractivity (Wildman–Crippen MR) is 81.8 cm³/mol. The summed E-state index contributed by atoms with van der Waals surface area (Å²) < 4.78 is 19.4. The van der Waals surface area contributed by atoms with Gasteiger partial charge in [0.1, 0.15) is 12.2 Å². The van der Waals surface area contributed by atoms with Gasteiger partial charge >= 0.3 is 0 Å². The molecule has 0 unspecified atom stereocenters. The van der Waals surface area contributed by atoms with Crippen LogP contribution in [0.15, 0.2) is 42.5 Å². The minimum Gasteiger partial charge on any atom is -0.486 e. The van der Waals surface area contributed by atoms with E-state index < -0.39 is 22.3 Å². The molecule has 1 amide bonds. The molecular weight excluding hydrogens is 303 g/mol. The fraction of sp³-hybridized carbons (Fsp3) is 0.188. The molecule has 6 nitrogen and oxygen atoms in total. The molecule has 2 aromatic carbocycles. The molecule has 0 N–H and O–H groups in total. The van der Waals surface area contributed by atoms with E-state index in [4.69, 9.17) is 4.74 Å². The third kappa shape index (κ3) is 3.82. The Bertz CT molecular complexity index is 732. The van der Waals surface area contributed by atoms with Crippen molar-refractivity contribution in [1.82, 2.24) is 4.90 Å². The highest BCUT2D eigenvalue weighted by Crippen LogP contribution is 2.29. The van der Waals surface area contributed by atoms with Crippen molar-refractivity contribution in [1.29, 1.82) is 0 Å². The van der Waals surface area contributed by atoms with Gasteiger partial charge in [0.15, 0.2) is 11.6 Å². The van der Waals surface area contributed by atoms with Gasteiger partial charge in [0.05, 0.1) is 11.0 Å². The smallest absolute Gasteiger partial charge is 0.285 e. The van der Waals surface area contributed by atoms with Gasteiger partial charge in [-0.25, -0.2) is 4.39 Å². The van der Waals surface area contributed by atoms with E-state index in [1.807, 2.05) is 18.2 Å². The average molecular weight is 318 g/mol. The van der Waals surface area contributed by atoms with Gasteiger partial charge in [0.2, 0.25) is 0 Å². The van der Waals surface area contributed by atoms with E-state index in [1.165, 1.54) is 19.0 Å². The summed E-state index contributed by atoms with van der Waals surface area (Å²) in [4.78, 5) is 23.5. The van der Waals surface area contributed by atoms with E-state index in [2.05, 4.69) is 0 Å². The number of hydrogen-bond acceptors (Lipinski definition) is 4. The number of carbonyl (C=O) groups is 1. The molecule has 0 atom stereocenters. The summed E-state index contributed by atoms with van der Waals surface area (Å²) in [7, 11) is 2.92. The Balaban J connectivity index is 2.35. The highest BCUT2D eigenvalue weighted by molar-refractivity contribution is 5.98. The van der Waals surface area contributed by atoms with Gasteiger partial charge in [-0.1, -0.05) is 30.3 Å². The molecule has 0 aromatic heterocycles. The summed E-state index contributed by atoms with van der Waals surface area (Å²) in [6, 6.07) is 10.8. The monoisotopic (exact) mass is 318 g/mol. The Hall–Kier alpha value is -2.96. The van der Waals surface area contributed by atoms with Crippen LogP contribution in [0.25, 0.3) is 0 Å². The Labute approximate surface area is 132 Å². The van der Waals surface area contributed by atoms with Crippen molar-refractivity contribution in [2.24, 2.45) is 0 Å². The molecule has 0 heterocycles. The molecule has 0 fully saturated rings. The zero-order valence-corrected chi connectivity index (χ0v) is 12.7. The van der Waals surface area contributed by atoms with Crippen LogP contribution < -0.4 is 4.74 Å². The second kappa shape index (κ2) is 6.87. The van der Waals surface area contributed by atoms with Crippen LogP contribution in [-0.2, 0) is 6.61 Å². The number of benzene rings is 2. The number of halogens is 1. The number of nitro groups is 1.